The summed E-state index contributed by atoms with van der Waals surface area (Å²) in [4.78, 5) is 27.2. The number of carboxylic acid groups (broad SMARTS) is 1. The Labute approximate surface area is 185 Å². The van der Waals surface area contributed by atoms with Crippen molar-refractivity contribution in [3.8, 4) is 11.3 Å². The summed E-state index contributed by atoms with van der Waals surface area (Å²) >= 11 is 4.99. The number of unbranched alkanes of at least 4 members (excludes halogenated alkanes) is 1. The number of carbonyl (C=O) groups is 1. The first-order valence-corrected chi connectivity index (χ1v) is 11.3. The van der Waals surface area contributed by atoms with Gasteiger partial charge in [0.15, 0.2) is 0 Å². The van der Waals surface area contributed by atoms with Crippen LogP contribution in [0, 0.1) is 0 Å². The Morgan fingerprint density at radius 3 is 2.73 bits per heavy atom. The minimum absolute atomic E-state index is 0.207. The number of thioether (sulfide) groups is 1. The van der Waals surface area contributed by atoms with Gasteiger partial charge in [0.25, 0.3) is 6.17 Å². The summed E-state index contributed by atoms with van der Waals surface area (Å²) < 4.78 is 2.55. The van der Waals surface area contributed by atoms with E-state index < -0.39 is 12.1 Å². The van der Waals surface area contributed by atoms with Crippen LogP contribution in [0.25, 0.3) is 11.3 Å². The van der Waals surface area contributed by atoms with Crippen molar-refractivity contribution < 1.29 is 14.6 Å². The van der Waals surface area contributed by atoms with E-state index >= 15 is 0 Å². The summed E-state index contributed by atoms with van der Waals surface area (Å²) in [5.41, 5.74) is 2.82. The highest BCUT2D eigenvalue weighted by atomic mass is 79.9. The fourth-order valence-electron chi connectivity index (χ4n) is 3.32. The second-order valence-corrected chi connectivity index (χ2v) is 8.92. The lowest BCUT2D eigenvalue weighted by Crippen LogP contribution is -2.55. The van der Waals surface area contributed by atoms with Crippen LogP contribution in [0.2, 0.25) is 0 Å². The Morgan fingerprint density at radius 2 is 2.03 bits per heavy atom. The van der Waals surface area contributed by atoms with E-state index in [2.05, 4.69) is 33.2 Å². The third kappa shape index (κ3) is 3.99. The highest BCUT2D eigenvalue weighted by molar-refractivity contribution is 9.10. The van der Waals surface area contributed by atoms with Gasteiger partial charge < -0.3 is 10.4 Å². The van der Waals surface area contributed by atoms with Crippen LogP contribution in [0.3, 0.4) is 0 Å². The number of benzene rings is 2. The van der Waals surface area contributed by atoms with Crippen LogP contribution in [-0.2, 0) is 0 Å². The van der Waals surface area contributed by atoms with Gasteiger partial charge in [-0.1, -0.05) is 41.0 Å². The molecule has 1 atom stereocenters. The number of aromatic carboxylic acids is 1. The molecule has 0 saturated carbocycles. The second-order valence-electron chi connectivity index (χ2n) is 6.92. The molecule has 1 aromatic heterocycles. The lowest BCUT2D eigenvalue weighted by Gasteiger charge is -2.22. The zero-order valence-corrected chi connectivity index (χ0v) is 18.6. The maximum absolute atomic E-state index is 13.1. The van der Waals surface area contributed by atoms with Gasteiger partial charge in [0.1, 0.15) is 0 Å². The first kappa shape index (κ1) is 20.6. The van der Waals surface area contributed by atoms with E-state index in [4.69, 9.17) is 5.10 Å². The molecule has 0 aliphatic carbocycles. The maximum atomic E-state index is 13.1. The van der Waals surface area contributed by atoms with E-state index in [0.717, 1.165) is 39.9 Å². The highest BCUT2D eigenvalue weighted by Gasteiger charge is 2.37. The first-order chi connectivity index (χ1) is 14.5. The molecule has 0 unspecified atom stereocenters. The molecule has 0 spiro atoms. The van der Waals surface area contributed by atoms with Gasteiger partial charge in [-0.2, -0.15) is 0 Å². The molecule has 2 heterocycles. The fourth-order valence-corrected chi connectivity index (χ4v) is 4.62. The van der Waals surface area contributed by atoms with Crippen molar-refractivity contribution in [2.45, 2.75) is 31.1 Å². The number of halogens is 1. The van der Waals surface area contributed by atoms with E-state index in [0.29, 0.717) is 10.9 Å². The number of rotatable bonds is 6. The summed E-state index contributed by atoms with van der Waals surface area (Å²) in [6.07, 6.45) is 1.66. The lowest BCUT2D eigenvalue weighted by molar-refractivity contribution is -0.759. The minimum atomic E-state index is -0.981. The van der Waals surface area contributed by atoms with E-state index in [9.17, 15) is 14.7 Å². The number of anilines is 1. The smallest absolute Gasteiger partial charge is 0.335 e. The molecule has 3 aromatic rings. The normalized spacial score (nSPS) is 14.5. The monoisotopic (exact) mass is 487 g/mol. The van der Waals surface area contributed by atoms with Crippen LogP contribution in [-0.4, -0.2) is 26.9 Å². The van der Waals surface area contributed by atoms with Crippen molar-refractivity contribution in [2.75, 3.05) is 11.1 Å². The molecule has 0 fully saturated rings. The molecule has 4 rings (SSSR count). The van der Waals surface area contributed by atoms with Gasteiger partial charge in [0.05, 0.1) is 16.8 Å². The van der Waals surface area contributed by atoms with Gasteiger partial charge in [-0.15, -0.1) is 0 Å². The molecule has 1 aliphatic heterocycles. The molecule has 7 nitrogen and oxygen atoms in total. The Balaban J connectivity index is 1.84. The molecular formula is C21H20BrN4O3S+. The molecule has 0 saturated heterocycles. The Bertz CT molecular complexity index is 1160. The summed E-state index contributed by atoms with van der Waals surface area (Å²) in [7, 11) is 0. The standard InChI is InChI=1S/C21H19BrN4O3S/c1-2-3-10-30-21-24-19(27)17-15-11-14(22)8-9-16(15)23-18(26(17)25-21)12-4-6-13(7-5-12)20(28)29/h4-9,11,18H,2-3,10H2,1H3,(H2,24,25,27,28,29)/p+1/t18-/m0/s1. The summed E-state index contributed by atoms with van der Waals surface area (Å²) in [6.45, 7) is 2.12. The number of carboxylic acids is 1. The number of hydrogen-bond acceptors (Lipinski definition) is 5. The average Bonchev–Trinajstić information content (AvgIpc) is 2.73. The molecule has 2 aromatic carbocycles. The van der Waals surface area contributed by atoms with Gasteiger partial charge in [0.2, 0.25) is 5.16 Å². The van der Waals surface area contributed by atoms with Crippen LogP contribution in [0.4, 0.5) is 5.69 Å². The van der Waals surface area contributed by atoms with E-state index in [1.807, 2.05) is 18.2 Å². The fraction of sp³-hybridized carbons (Fsp3) is 0.238. The number of aromatic amines is 1. The van der Waals surface area contributed by atoms with Gasteiger partial charge in [-0.25, -0.2) is 4.79 Å². The quantitative estimate of drug-likeness (QED) is 0.275. The molecule has 30 heavy (non-hydrogen) atoms. The predicted molar refractivity (Wildman–Crippen MR) is 119 cm³/mol. The lowest BCUT2D eigenvalue weighted by atomic mass is 10.0. The van der Waals surface area contributed by atoms with Crippen LogP contribution in [0.1, 0.15) is 41.9 Å². The number of nitrogens with one attached hydrogen (secondary N) is 2. The largest absolute Gasteiger partial charge is 0.478 e. The number of hydrogen-bond donors (Lipinski definition) is 3. The van der Waals surface area contributed by atoms with Gasteiger partial charge in [-0.05, 0) is 53.6 Å². The second kappa shape index (κ2) is 8.61. The molecule has 3 N–H and O–H groups in total. The highest BCUT2D eigenvalue weighted by Crippen LogP contribution is 2.34. The zero-order valence-electron chi connectivity index (χ0n) is 16.2. The van der Waals surface area contributed by atoms with Crippen LogP contribution >= 0.6 is 27.7 Å². The van der Waals surface area contributed by atoms with Gasteiger partial charge in [-0.3, -0.25) is 9.78 Å². The topological polar surface area (TPSA) is 99.0 Å². The van der Waals surface area contributed by atoms with Crippen molar-refractivity contribution in [2.24, 2.45) is 0 Å². The average molecular weight is 488 g/mol. The van der Waals surface area contributed by atoms with Crippen molar-refractivity contribution in [1.82, 2.24) is 10.1 Å². The predicted octanol–water partition coefficient (Wildman–Crippen LogP) is 4.05. The minimum Gasteiger partial charge on any atom is -0.478 e. The van der Waals surface area contributed by atoms with Crippen LogP contribution in [0.15, 0.2) is 56.9 Å². The first-order valence-electron chi connectivity index (χ1n) is 9.56. The van der Waals surface area contributed by atoms with Crippen LogP contribution < -0.4 is 15.6 Å². The molecule has 0 radical (unpaired) electrons. The molecule has 154 valence electrons. The SMILES string of the molecule is CCCCSc1n[n+]2c(c(=O)[nH]1)-c1cc(Br)ccc1N[C@@H]2c1ccc(C(=O)O)cc1. The molecule has 1 aliphatic rings. The van der Waals surface area contributed by atoms with Crippen molar-refractivity contribution in [3.05, 3.63) is 68.4 Å². The third-order valence-corrected chi connectivity index (χ3v) is 6.29. The summed E-state index contributed by atoms with van der Waals surface area (Å²) in [6, 6.07) is 12.3. The summed E-state index contributed by atoms with van der Waals surface area (Å²) in [5.74, 6) is -0.114. The Hall–Kier alpha value is -2.65. The van der Waals surface area contributed by atoms with Crippen molar-refractivity contribution in [3.63, 3.8) is 0 Å². The Kier molecular flexibility index (Phi) is 5.92. The number of H-pyrrole nitrogens is 1. The van der Waals surface area contributed by atoms with Gasteiger partial charge >= 0.3 is 17.2 Å². The number of fused-ring (bicyclic) bond motifs is 3. The molecule has 0 amide bonds. The Morgan fingerprint density at radius 1 is 1.27 bits per heavy atom. The molecule has 9 heteroatoms. The maximum Gasteiger partial charge on any atom is 0.335 e. The van der Waals surface area contributed by atoms with Crippen molar-refractivity contribution >= 4 is 39.3 Å². The van der Waals surface area contributed by atoms with Crippen LogP contribution in [0.5, 0.6) is 0 Å². The van der Waals surface area contributed by atoms with E-state index in [-0.39, 0.29) is 11.1 Å². The molecule has 0 bridgehead atoms. The number of aromatic nitrogens is 3. The number of nitrogens with zero attached hydrogens (tertiary/aromatic N) is 2. The summed E-state index contributed by atoms with van der Waals surface area (Å²) in [5, 5.41) is 17.9. The van der Waals surface area contributed by atoms with Gasteiger partial charge in [0, 0.05) is 20.9 Å². The third-order valence-electron chi connectivity index (χ3n) is 4.85. The zero-order chi connectivity index (χ0) is 21.3. The van der Waals surface area contributed by atoms with Crippen molar-refractivity contribution in [1.29, 1.82) is 0 Å². The van der Waals surface area contributed by atoms with E-state index in [1.165, 1.54) is 11.8 Å². The molecular weight excluding hydrogens is 468 g/mol. The van der Waals surface area contributed by atoms with E-state index in [1.54, 1.807) is 28.9 Å².